The number of thiophene rings is 2. The van der Waals surface area contributed by atoms with E-state index in [2.05, 4.69) is 28.1 Å². The van der Waals surface area contributed by atoms with Crippen LogP contribution in [0.15, 0.2) is 77.5 Å². The molecular weight excluding hydrogens is 412 g/mol. The Bertz CT molecular complexity index is 1120. The molecule has 0 aliphatic heterocycles. The summed E-state index contributed by atoms with van der Waals surface area (Å²) >= 11 is 3.08. The van der Waals surface area contributed by atoms with Gasteiger partial charge in [0, 0.05) is 17.7 Å². The Morgan fingerprint density at radius 2 is 1.70 bits per heavy atom. The lowest BCUT2D eigenvalue weighted by Crippen LogP contribution is -2.48. The van der Waals surface area contributed by atoms with Crippen molar-refractivity contribution in [2.75, 3.05) is 6.54 Å². The third kappa shape index (κ3) is 4.96. The van der Waals surface area contributed by atoms with Crippen LogP contribution in [-0.2, 0) is 17.6 Å². The van der Waals surface area contributed by atoms with Crippen molar-refractivity contribution in [1.82, 2.24) is 10.6 Å². The minimum absolute atomic E-state index is 0.164. The van der Waals surface area contributed by atoms with Crippen LogP contribution in [0.1, 0.15) is 20.8 Å². The normalized spacial score (nSPS) is 11.9. The average Bonchev–Trinajstić information content (AvgIpc) is 3.45. The van der Waals surface area contributed by atoms with Gasteiger partial charge in [-0.1, -0.05) is 54.6 Å². The van der Waals surface area contributed by atoms with Gasteiger partial charge in [-0.15, -0.1) is 22.7 Å². The first-order valence-electron chi connectivity index (χ1n) is 9.82. The molecule has 0 fully saturated rings. The predicted molar refractivity (Wildman–Crippen MR) is 124 cm³/mol. The van der Waals surface area contributed by atoms with Crippen molar-refractivity contribution in [3.8, 4) is 0 Å². The first-order valence-corrected chi connectivity index (χ1v) is 11.6. The summed E-state index contributed by atoms with van der Waals surface area (Å²) in [5.41, 5.74) is 2.24. The van der Waals surface area contributed by atoms with E-state index in [0.29, 0.717) is 17.8 Å². The molecule has 4 aromatic rings. The number of fused-ring (bicyclic) bond motifs is 1. The standard InChI is InChI=1S/C24H22N2O2S2/c27-23(25-13-12-18-16-30-21-10-5-4-9-19(18)21)20(15-17-7-2-1-3-8-17)26-24(28)22-11-6-14-29-22/h1-11,14,16,20H,12-13,15H2,(H,25,27)(H,26,28). The minimum Gasteiger partial charge on any atom is -0.354 e. The Kier molecular flexibility index (Phi) is 6.57. The molecule has 30 heavy (non-hydrogen) atoms. The zero-order valence-corrected chi connectivity index (χ0v) is 18.0. The molecule has 1 unspecified atom stereocenters. The predicted octanol–water partition coefficient (Wildman–Crippen LogP) is 4.66. The second-order valence-corrected chi connectivity index (χ2v) is 8.85. The quantitative estimate of drug-likeness (QED) is 0.424. The van der Waals surface area contributed by atoms with Gasteiger partial charge in [0.05, 0.1) is 4.88 Å². The van der Waals surface area contributed by atoms with Crippen molar-refractivity contribution in [2.24, 2.45) is 0 Å². The van der Waals surface area contributed by atoms with Gasteiger partial charge in [0.2, 0.25) is 5.91 Å². The number of carbonyl (C=O) groups is 2. The number of rotatable bonds is 8. The van der Waals surface area contributed by atoms with Crippen LogP contribution in [0.25, 0.3) is 10.1 Å². The van der Waals surface area contributed by atoms with Gasteiger partial charge in [0.1, 0.15) is 6.04 Å². The average molecular weight is 435 g/mol. The summed E-state index contributed by atoms with van der Waals surface area (Å²) in [6.07, 6.45) is 1.21. The molecule has 152 valence electrons. The first-order chi connectivity index (χ1) is 14.7. The molecule has 0 aliphatic rings. The lowest BCUT2D eigenvalue weighted by molar-refractivity contribution is -0.122. The molecule has 0 aliphatic carbocycles. The third-order valence-electron chi connectivity index (χ3n) is 4.90. The van der Waals surface area contributed by atoms with Gasteiger partial charge >= 0.3 is 0 Å². The van der Waals surface area contributed by atoms with Crippen molar-refractivity contribution < 1.29 is 9.59 Å². The molecule has 2 aromatic heterocycles. The maximum absolute atomic E-state index is 12.9. The highest BCUT2D eigenvalue weighted by Crippen LogP contribution is 2.25. The van der Waals surface area contributed by atoms with Crippen LogP contribution in [-0.4, -0.2) is 24.4 Å². The van der Waals surface area contributed by atoms with E-state index in [-0.39, 0.29) is 11.8 Å². The molecule has 2 heterocycles. The zero-order valence-electron chi connectivity index (χ0n) is 16.3. The molecule has 1 atom stereocenters. The van der Waals surface area contributed by atoms with Gasteiger partial charge in [-0.2, -0.15) is 0 Å². The second-order valence-electron chi connectivity index (χ2n) is 6.99. The molecular formula is C24H22N2O2S2. The van der Waals surface area contributed by atoms with E-state index in [1.807, 2.05) is 53.9 Å². The molecule has 0 spiro atoms. The zero-order chi connectivity index (χ0) is 20.8. The summed E-state index contributed by atoms with van der Waals surface area (Å²) in [5, 5.41) is 11.2. The number of benzene rings is 2. The van der Waals surface area contributed by atoms with Crippen LogP contribution in [0.5, 0.6) is 0 Å². The Hall–Kier alpha value is -2.96. The molecule has 0 saturated heterocycles. The SMILES string of the molecule is O=C(NC(Cc1ccccc1)C(=O)NCCc1csc2ccccc12)c1cccs1. The first kappa shape index (κ1) is 20.3. The number of nitrogens with one attached hydrogen (secondary N) is 2. The molecule has 0 radical (unpaired) electrons. The number of amides is 2. The van der Waals surface area contributed by atoms with E-state index in [1.54, 1.807) is 17.4 Å². The molecule has 4 nitrogen and oxygen atoms in total. The lowest BCUT2D eigenvalue weighted by atomic mass is 10.0. The molecule has 2 aromatic carbocycles. The fraction of sp³-hybridized carbons (Fsp3) is 0.167. The molecule has 0 bridgehead atoms. The number of hydrogen-bond donors (Lipinski definition) is 2. The molecule has 0 saturated carbocycles. The monoisotopic (exact) mass is 434 g/mol. The van der Waals surface area contributed by atoms with Gasteiger partial charge < -0.3 is 10.6 Å². The van der Waals surface area contributed by atoms with E-state index >= 15 is 0 Å². The Morgan fingerprint density at radius 3 is 2.50 bits per heavy atom. The summed E-state index contributed by atoms with van der Waals surface area (Å²) in [7, 11) is 0. The van der Waals surface area contributed by atoms with Crippen LogP contribution in [0.4, 0.5) is 0 Å². The smallest absolute Gasteiger partial charge is 0.262 e. The van der Waals surface area contributed by atoms with Gasteiger partial charge in [0.15, 0.2) is 0 Å². The maximum atomic E-state index is 12.9. The Balaban J connectivity index is 1.41. The fourth-order valence-electron chi connectivity index (χ4n) is 3.37. The fourth-order valence-corrected chi connectivity index (χ4v) is 4.99. The summed E-state index contributed by atoms with van der Waals surface area (Å²) in [5.74, 6) is -0.381. The van der Waals surface area contributed by atoms with Crippen LogP contribution >= 0.6 is 22.7 Å². The summed E-state index contributed by atoms with van der Waals surface area (Å²) in [6, 6.07) is 21.0. The van der Waals surface area contributed by atoms with Crippen molar-refractivity contribution >= 4 is 44.6 Å². The van der Waals surface area contributed by atoms with Gasteiger partial charge in [0.25, 0.3) is 5.91 Å². The van der Waals surface area contributed by atoms with E-state index in [0.717, 1.165) is 12.0 Å². The van der Waals surface area contributed by atoms with E-state index in [4.69, 9.17) is 0 Å². The van der Waals surface area contributed by atoms with Gasteiger partial charge in [-0.05, 0) is 45.8 Å². The van der Waals surface area contributed by atoms with Crippen molar-refractivity contribution in [1.29, 1.82) is 0 Å². The third-order valence-corrected chi connectivity index (χ3v) is 6.79. The van der Waals surface area contributed by atoms with E-state index < -0.39 is 6.04 Å². The largest absolute Gasteiger partial charge is 0.354 e. The summed E-state index contributed by atoms with van der Waals surface area (Å²) in [4.78, 5) is 26.1. The topological polar surface area (TPSA) is 58.2 Å². The van der Waals surface area contributed by atoms with Crippen molar-refractivity contribution in [3.05, 3.63) is 93.5 Å². The van der Waals surface area contributed by atoms with Crippen LogP contribution in [0.3, 0.4) is 0 Å². The van der Waals surface area contributed by atoms with Crippen LogP contribution in [0.2, 0.25) is 0 Å². The lowest BCUT2D eigenvalue weighted by Gasteiger charge is -2.18. The minimum atomic E-state index is -0.624. The van der Waals surface area contributed by atoms with E-state index in [9.17, 15) is 9.59 Å². The highest BCUT2D eigenvalue weighted by atomic mass is 32.1. The number of carbonyl (C=O) groups excluding carboxylic acids is 2. The molecule has 6 heteroatoms. The van der Waals surface area contributed by atoms with E-state index in [1.165, 1.54) is 27.0 Å². The second kappa shape index (κ2) is 9.69. The Labute approximate surface area is 183 Å². The molecule has 2 N–H and O–H groups in total. The highest BCUT2D eigenvalue weighted by molar-refractivity contribution is 7.17. The molecule has 4 rings (SSSR count). The van der Waals surface area contributed by atoms with Gasteiger partial charge in [-0.25, -0.2) is 0 Å². The van der Waals surface area contributed by atoms with Crippen LogP contribution < -0.4 is 10.6 Å². The number of hydrogen-bond acceptors (Lipinski definition) is 4. The summed E-state index contributed by atoms with van der Waals surface area (Å²) < 4.78 is 1.25. The maximum Gasteiger partial charge on any atom is 0.262 e. The van der Waals surface area contributed by atoms with Crippen molar-refractivity contribution in [3.63, 3.8) is 0 Å². The van der Waals surface area contributed by atoms with Gasteiger partial charge in [-0.3, -0.25) is 9.59 Å². The van der Waals surface area contributed by atoms with Crippen molar-refractivity contribution in [2.45, 2.75) is 18.9 Å². The summed E-state index contributed by atoms with van der Waals surface area (Å²) in [6.45, 7) is 0.528. The van der Waals surface area contributed by atoms with Crippen LogP contribution in [0, 0.1) is 0 Å². The highest BCUT2D eigenvalue weighted by Gasteiger charge is 2.22. The Morgan fingerprint density at radius 1 is 0.900 bits per heavy atom. The molecule has 2 amide bonds.